The SMILES string of the molecule is CCOC(=O)c1ccc(N=Nc2ccc3ccccc3c2)cc1. The van der Waals surface area contributed by atoms with Crippen LogP contribution in [0.4, 0.5) is 11.4 Å². The van der Waals surface area contributed by atoms with Gasteiger partial charge in [-0.15, -0.1) is 0 Å². The molecule has 0 atom stereocenters. The highest BCUT2D eigenvalue weighted by Crippen LogP contribution is 2.23. The molecule has 0 radical (unpaired) electrons. The van der Waals surface area contributed by atoms with E-state index in [9.17, 15) is 4.79 Å². The van der Waals surface area contributed by atoms with Crippen LogP contribution in [0.3, 0.4) is 0 Å². The zero-order valence-electron chi connectivity index (χ0n) is 12.8. The molecule has 0 spiro atoms. The maximum atomic E-state index is 11.6. The van der Waals surface area contributed by atoms with Crippen LogP contribution in [0, 0.1) is 0 Å². The van der Waals surface area contributed by atoms with Gasteiger partial charge in [-0.25, -0.2) is 4.79 Å². The van der Waals surface area contributed by atoms with Gasteiger partial charge in [0.25, 0.3) is 0 Å². The van der Waals surface area contributed by atoms with Gasteiger partial charge in [0.1, 0.15) is 0 Å². The summed E-state index contributed by atoms with van der Waals surface area (Å²) in [5.41, 5.74) is 1.99. The molecule has 23 heavy (non-hydrogen) atoms. The highest BCUT2D eigenvalue weighted by molar-refractivity contribution is 5.89. The number of esters is 1. The Morgan fingerprint density at radius 2 is 1.52 bits per heavy atom. The summed E-state index contributed by atoms with van der Waals surface area (Å²) >= 11 is 0. The number of benzene rings is 3. The maximum Gasteiger partial charge on any atom is 0.338 e. The Bertz CT molecular complexity index is 855. The molecule has 0 aromatic heterocycles. The zero-order valence-corrected chi connectivity index (χ0v) is 12.8. The highest BCUT2D eigenvalue weighted by Gasteiger charge is 2.05. The lowest BCUT2D eigenvalue weighted by molar-refractivity contribution is 0.0526. The molecule has 0 heterocycles. The third-order valence-corrected chi connectivity index (χ3v) is 3.39. The van der Waals surface area contributed by atoms with Crippen LogP contribution in [0.1, 0.15) is 17.3 Å². The molecule has 0 aliphatic carbocycles. The van der Waals surface area contributed by atoms with E-state index in [0.29, 0.717) is 17.9 Å². The first kappa shape index (κ1) is 14.9. The molecule has 114 valence electrons. The van der Waals surface area contributed by atoms with Gasteiger partial charge in [-0.2, -0.15) is 10.2 Å². The summed E-state index contributed by atoms with van der Waals surface area (Å²) in [7, 11) is 0. The van der Waals surface area contributed by atoms with Gasteiger partial charge < -0.3 is 4.74 Å². The lowest BCUT2D eigenvalue weighted by Gasteiger charge is -2.01. The van der Waals surface area contributed by atoms with Gasteiger partial charge in [-0.3, -0.25) is 0 Å². The van der Waals surface area contributed by atoms with Gasteiger partial charge in [0.15, 0.2) is 0 Å². The van der Waals surface area contributed by atoms with Crippen LogP contribution in [-0.2, 0) is 4.74 Å². The molecule has 0 N–H and O–H groups in total. The summed E-state index contributed by atoms with van der Waals surface area (Å²) < 4.78 is 4.94. The fourth-order valence-corrected chi connectivity index (χ4v) is 2.23. The Labute approximate surface area is 134 Å². The van der Waals surface area contributed by atoms with Crippen molar-refractivity contribution in [1.82, 2.24) is 0 Å². The first-order chi connectivity index (χ1) is 11.3. The van der Waals surface area contributed by atoms with Crippen molar-refractivity contribution < 1.29 is 9.53 Å². The average molecular weight is 304 g/mol. The molecule has 0 amide bonds. The van der Waals surface area contributed by atoms with Crippen molar-refractivity contribution in [3.05, 3.63) is 72.3 Å². The van der Waals surface area contributed by atoms with E-state index in [0.717, 1.165) is 11.1 Å². The van der Waals surface area contributed by atoms with Crippen molar-refractivity contribution in [2.45, 2.75) is 6.92 Å². The summed E-state index contributed by atoms with van der Waals surface area (Å²) in [6.45, 7) is 2.15. The first-order valence-corrected chi connectivity index (χ1v) is 7.44. The molecule has 0 unspecified atom stereocenters. The topological polar surface area (TPSA) is 51.0 Å². The van der Waals surface area contributed by atoms with Crippen molar-refractivity contribution in [1.29, 1.82) is 0 Å². The van der Waals surface area contributed by atoms with E-state index in [2.05, 4.69) is 16.3 Å². The number of nitrogens with zero attached hydrogens (tertiary/aromatic N) is 2. The van der Waals surface area contributed by atoms with Crippen molar-refractivity contribution in [3.63, 3.8) is 0 Å². The lowest BCUT2D eigenvalue weighted by Crippen LogP contribution is -2.03. The van der Waals surface area contributed by atoms with Crippen molar-refractivity contribution in [2.24, 2.45) is 10.2 Å². The molecule has 3 aromatic rings. The number of rotatable bonds is 4. The van der Waals surface area contributed by atoms with Crippen LogP contribution in [-0.4, -0.2) is 12.6 Å². The number of hydrogen-bond donors (Lipinski definition) is 0. The van der Waals surface area contributed by atoms with Crippen LogP contribution in [0.5, 0.6) is 0 Å². The highest BCUT2D eigenvalue weighted by atomic mass is 16.5. The smallest absolute Gasteiger partial charge is 0.338 e. The Morgan fingerprint density at radius 1 is 0.870 bits per heavy atom. The Kier molecular flexibility index (Phi) is 4.43. The van der Waals surface area contributed by atoms with E-state index >= 15 is 0 Å². The molecular weight excluding hydrogens is 288 g/mol. The second-order valence-electron chi connectivity index (χ2n) is 5.00. The molecule has 0 saturated heterocycles. The molecule has 4 nitrogen and oxygen atoms in total. The predicted octanol–water partition coefficient (Wildman–Crippen LogP) is 5.43. The average Bonchev–Trinajstić information content (AvgIpc) is 2.60. The number of ether oxygens (including phenoxy) is 1. The molecule has 3 aromatic carbocycles. The predicted molar refractivity (Wildman–Crippen MR) is 90.5 cm³/mol. The Hall–Kier alpha value is -3.01. The van der Waals surface area contributed by atoms with Crippen molar-refractivity contribution in [3.8, 4) is 0 Å². The molecular formula is C19H16N2O2. The summed E-state index contributed by atoms with van der Waals surface area (Å²) in [4.78, 5) is 11.6. The summed E-state index contributed by atoms with van der Waals surface area (Å²) in [6.07, 6.45) is 0. The number of fused-ring (bicyclic) bond motifs is 1. The number of carbonyl (C=O) groups is 1. The fourth-order valence-electron chi connectivity index (χ4n) is 2.23. The standard InChI is InChI=1S/C19H16N2O2/c1-2-23-19(22)15-8-10-17(11-9-15)20-21-18-12-7-14-5-3-4-6-16(14)13-18/h3-13H,2H2,1H3. The van der Waals surface area contributed by atoms with Crippen LogP contribution in [0.25, 0.3) is 10.8 Å². The third-order valence-electron chi connectivity index (χ3n) is 3.39. The van der Waals surface area contributed by atoms with Gasteiger partial charge >= 0.3 is 5.97 Å². The Balaban J connectivity index is 1.77. The normalized spacial score (nSPS) is 11.0. The largest absolute Gasteiger partial charge is 0.462 e. The van der Waals surface area contributed by atoms with Crippen LogP contribution >= 0.6 is 0 Å². The number of hydrogen-bond acceptors (Lipinski definition) is 4. The van der Waals surface area contributed by atoms with Gasteiger partial charge in [-0.1, -0.05) is 30.3 Å². The molecule has 0 fully saturated rings. The summed E-state index contributed by atoms with van der Waals surface area (Å²) in [6, 6.07) is 20.9. The van der Waals surface area contributed by atoms with E-state index in [4.69, 9.17) is 4.74 Å². The fraction of sp³-hybridized carbons (Fsp3) is 0.105. The second-order valence-corrected chi connectivity index (χ2v) is 5.00. The molecule has 0 aliphatic rings. The summed E-state index contributed by atoms with van der Waals surface area (Å²) in [5.74, 6) is -0.328. The maximum absolute atomic E-state index is 11.6. The monoisotopic (exact) mass is 304 g/mol. The minimum atomic E-state index is -0.328. The van der Waals surface area contributed by atoms with Crippen LogP contribution in [0.2, 0.25) is 0 Å². The molecule has 3 rings (SSSR count). The summed E-state index contributed by atoms with van der Waals surface area (Å²) in [5, 5.41) is 10.7. The molecule has 4 heteroatoms. The molecule has 0 bridgehead atoms. The molecule has 0 saturated carbocycles. The van der Waals surface area contributed by atoms with Gasteiger partial charge in [-0.05, 0) is 54.1 Å². The molecule has 0 aliphatic heterocycles. The van der Waals surface area contributed by atoms with Crippen LogP contribution < -0.4 is 0 Å². The quantitative estimate of drug-likeness (QED) is 0.476. The minimum absolute atomic E-state index is 0.328. The van der Waals surface area contributed by atoms with Gasteiger partial charge in [0, 0.05) is 0 Å². The van der Waals surface area contributed by atoms with E-state index < -0.39 is 0 Å². The van der Waals surface area contributed by atoms with E-state index in [1.807, 2.05) is 36.4 Å². The zero-order chi connectivity index (χ0) is 16.1. The third kappa shape index (κ3) is 3.61. The van der Waals surface area contributed by atoms with E-state index in [-0.39, 0.29) is 5.97 Å². The lowest BCUT2D eigenvalue weighted by atomic mass is 10.1. The number of azo groups is 1. The van der Waals surface area contributed by atoms with Gasteiger partial charge in [0.05, 0.1) is 23.5 Å². The van der Waals surface area contributed by atoms with E-state index in [1.54, 1.807) is 31.2 Å². The van der Waals surface area contributed by atoms with Crippen molar-refractivity contribution in [2.75, 3.05) is 6.61 Å². The van der Waals surface area contributed by atoms with Crippen LogP contribution in [0.15, 0.2) is 77.0 Å². The minimum Gasteiger partial charge on any atom is -0.462 e. The van der Waals surface area contributed by atoms with E-state index in [1.165, 1.54) is 5.39 Å². The second kappa shape index (κ2) is 6.83. The first-order valence-electron chi connectivity index (χ1n) is 7.44. The van der Waals surface area contributed by atoms with Crippen molar-refractivity contribution >= 4 is 28.1 Å². The Morgan fingerprint density at radius 3 is 2.26 bits per heavy atom. The van der Waals surface area contributed by atoms with Gasteiger partial charge in [0.2, 0.25) is 0 Å². The number of carbonyl (C=O) groups excluding carboxylic acids is 1.